The molecule has 0 unspecified atom stereocenters. The molecule has 148 valence electrons. The third-order valence-electron chi connectivity index (χ3n) is 4.68. The minimum absolute atomic E-state index is 0.178. The van der Waals surface area contributed by atoms with Gasteiger partial charge in [-0.2, -0.15) is 0 Å². The van der Waals surface area contributed by atoms with Gasteiger partial charge in [-0.15, -0.1) is 0 Å². The zero-order chi connectivity index (χ0) is 20.6. The molecule has 4 rings (SSSR count). The maximum atomic E-state index is 13.0. The fraction of sp³-hybridized carbons (Fsp3) is 0.0952. The Kier molecular flexibility index (Phi) is 5.25. The first-order valence-corrected chi connectivity index (χ1v) is 11.0. The summed E-state index contributed by atoms with van der Waals surface area (Å²) < 4.78 is 27.3. The maximum Gasteiger partial charge on any atom is 0.264 e. The van der Waals surface area contributed by atoms with Gasteiger partial charge in [-0.05, 0) is 72.6 Å². The lowest BCUT2D eigenvalue weighted by atomic mass is 10.1. The average Bonchev–Trinajstić information content (AvgIpc) is 3.12. The van der Waals surface area contributed by atoms with Gasteiger partial charge in [0.1, 0.15) is 0 Å². The van der Waals surface area contributed by atoms with Crippen molar-refractivity contribution >= 4 is 50.5 Å². The molecule has 0 radical (unpaired) electrons. The Morgan fingerprint density at radius 1 is 0.931 bits per heavy atom. The van der Waals surface area contributed by atoms with Crippen LogP contribution in [0.25, 0.3) is 0 Å². The summed E-state index contributed by atoms with van der Waals surface area (Å²) in [7, 11) is -3.70. The molecule has 0 spiro atoms. The number of benzene rings is 3. The standard InChI is InChI=1S/C21H16Cl2N2O3S/c22-16-5-7-19(8-6-16)29(27,28)25-11-10-14-12-15(4-9-20(14)25)21(26)24-18-3-1-2-17(23)13-18/h1-9,12-13H,10-11H2,(H,24,26). The van der Waals surface area contributed by atoms with Crippen LogP contribution >= 0.6 is 23.2 Å². The predicted molar refractivity (Wildman–Crippen MR) is 116 cm³/mol. The highest BCUT2D eigenvalue weighted by Crippen LogP contribution is 2.34. The summed E-state index contributed by atoms with van der Waals surface area (Å²) in [6, 6.07) is 18.0. The number of carbonyl (C=O) groups is 1. The molecule has 29 heavy (non-hydrogen) atoms. The molecule has 0 aromatic heterocycles. The first kappa shape index (κ1) is 19.8. The van der Waals surface area contributed by atoms with Gasteiger partial charge in [0.15, 0.2) is 0 Å². The average molecular weight is 447 g/mol. The van der Waals surface area contributed by atoms with E-state index in [-0.39, 0.29) is 10.8 Å². The predicted octanol–water partition coefficient (Wildman–Crippen LogP) is 5.00. The second-order valence-electron chi connectivity index (χ2n) is 6.59. The van der Waals surface area contributed by atoms with Gasteiger partial charge in [-0.3, -0.25) is 9.10 Å². The molecule has 1 aliphatic heterocycles. The molecule has 0 saturated heterocycles. The van der Waals surface area contributed by atoms with E-state index in [0.717, 1.165) is 5.56 Å². The summed E-state index contributed by atoms with van der Waals surface area (Å²) in [5.74, 6) is -0.283. The molecule has 3 aromatic rings. The summed E-state index contributed by atoms with van der Waals surface area (Å²) in [4.78, 5) is 12.7. The number of amides is 1. The van der Waals surface area contributed by atoms with E-state index in [9.17, 15) is 13.2 Å². The number of fused-ring (bicyclic) bond motifs is 1. The first-order valence-electron chi connectivity index (χ1n) is 8.83. The van der Waals surface area contributed by atoms with Gasteiger partial charge < -0.3 is 5.32 Å². The topological polar surface area (TPSA) is 66.5 Å². The minimum atomic E-state index is -3.70. The van der Waals surface area contributed by atoms with Crippen molar-refractivity contribution in [3.05, 3.63) is 87.9 Å². The normalized spacial score (nSPS) is 13.2. The highest BCUT2D eigenvalue weighted by atomic mass is 35.5. The van der Waals surface area contributed by atoms with Crippen LogP contribution in [0, 0.1) is 0 Å². The van der Waals surface area contributed by atoms with Gasteiger partial charge in [0.05, 0.1) is 10.6 Å². The number of hydrogen-bond acceptors (Lipinski definition) is 3. The maximum absolute atomic E-state index is 13.0. The molecule has 1 amide bonds. The molecule has 0 atom stereocenters. The van der Waals surface area contributed by atoms with E-state index in [1.54, 1.807) is 54.6 Å². The molecular formula is C21H16Cl2N2O3S. The van der Waals surface area contributed by atoms with Gasteiger partial charge in [-0.25, -0.2) is 8.42 Å². The van der Waals surface area contributed by atoms with Gasteiger partial charge in [0, 0.05) is 27.8 Å². The largest absolute Gasteiger partial charge is 0.322 e. The molecule has 0 saturated carbocycles. The summed E-state index contributed by atoms with van der Waals surface area (Å²) in [6.45, 7) is 0.319. The Balaban J connectivity index is 1.59. The SMILES string of the molecule is O=C(Nc1cccc(Cl)c1)c1ccc2c(c1)CCN2S(=O)(=O)c1ccc(Cl)cc1. The van der Waals surface area contributed by atoms with E-state index >= 15 is 0 Å². The second-order valence-corrected chi connectivity index (χ2v) is 9.32. The zero-order valence-corrected chi connectivity index (χ0v) is 17.4. The second kappa shape index (κ2) is 7.71. The van der Waals surface area contributed by atoms with Crippen LogP contribution in [0.3, 0.4) is 0 Å². The lowest BCUT2D eigenvalue weighted by Gasteiger charge is -2.19. The van der Waals surface area contributed by atoms with Crippen LogP contribution < -0.4 is 9.62 Å². The smallest absolute Gasteiger partial charge is 0.264 e. The molecule has 3 aromatic carbocycles. The fourth-order valence-electron chi connectivity index (χ4n) is 3.27. The van der Waals surface area contributed by atoms with Crippen LogP contribution in [0.15, 0.2) is 71.6 Å². The van der Waals surface area contributed by atoms with Crippen LogP contribution in [0.2, 0.25) is 10.0 Å². The van der Waals surface area contributed by atoms with Crippen molar-refractivity contribution in [2.75, 3.05) is 16.2 Å². The highest BCUT2D eigenvalue weighted by Gasteiger charge is 2.31. The van der Waals surface area contributed by atoms with E-state index in [1.165, 1.54) is 16.4 Å². The summed E-state index contributed by atoms with van der Waals surface area (Å²) in [5, 5.41) is 3.80. The quantitative estimate of drug-likeness (QED) is 0.613. The summed E-state index contributed by atoms with van der Waals surface area (Å²) >= 11 is 11.8. The zero-order valence-electron chi connectivity index (χ0n) is 15.1. The Labute approximate surface area is 178 Å². The Bertz CT molecular complexity index is 1190. The summed E-state index contributed by atoms with van der Waals surface area (Å²) in [6.07, 6.45) is 0.528. The molecule has 0 fully saturated rings. The van der Waals surface area contributed by atoms with E-state index in [4.69, 9.17) is 23.2 Å². The van der Waals surface area contributed by atoms with E-state index in [1.807, 2.05) is 0 Å². The van der Waals surface area contributed by atoms with E-state index in [2.05, 4.69) is 5.32 Å². The third-order valence-corrected chi connectivity index (χ3v) is 6.99. The van der Waals surface area contributed by atoms with Crippen molar-refractivity contribution in [3.63, 3.8) is 0 Å². The van der Waals surface area contributed by atoms with Crippen molar-refractivity contribution in [1.82, 2.24) is 0 Å². The van der Waals surface area contributed by atoms with Crippen molar-refractivity contribution in [1.29, 1.82) is 0 Å². The molecule has 0 bridgehead atoms. The van der Waals surface area contributed by atoms with Crippen molar-refractivity contribution < 1.29 is 13.2 Å². The Morgan fingerprint density at radius 3 is 2.41 bits per heavy atom. The van der Waals surface area contributed by atoms with Crippen LogP contribution in [0.5, 0.6) is 0 Å². The first-order chi connectivity index (χ1) is 13.8. The van der Waals surface area contributed by atoms with Gasteiger partial charge in [-0.1, -0.05) is 29.3 Å². The molecular weight excluding hydrogens is 431 g/mol. The number of hydrogen-bond donors (Lipinski definition) is 1. The lowest BCUT2D eigenvalue weighted by molar-refractivity contribution is 0.102. The van der Waals surface area contributed by atoms with E-state index < -0.39 is 10.0 Å². The van der Waals surface area contributed by atoms with Gasteiger partial charge in [0.25, 0.3) is 15.9 Å². The van der Waals surface area contributed by atoms with Crippen molar-refractivity contribution in [2.45, 2.75) is 11.3 Å². The van der Waals surface area contributed by atoms with Crippen molar-refractivity contribution in [2.24, 2.45) is 0 Å². The number of nitrogens with zero attached hydrogens (tertiary/aromatic N) is 1. The molecule has 1 N–H and O–H groups in total. The lowest BCUT2D eigenvalue weighted by Crippen LogP contribution is -2.29. The van der Waals surface area contributed by atoms with Crippen LogP contribution in [0.1, 0.15) is 15.9 Å². The summed E-state index contributed by atoms with van der Waals surface area (Å²) in [5.41, 5.74) is 2.44. The number of sulfonamides is 1. The van der Waals surface area contributed by atoms with Crippen LogP contribution in [-0.4, -0.2) is 20.9 Å². The third kappa shape index (κ3) is 3.96. The Hall–Kier alpha value is -2.54. The molecule has 5 nitrogen and oxygen atoms in total. The van der Waals surface area contributed by atoms with E-state index in [0.29, 0.717) is 39.9 Å². The highest BCUT2D eigenvalue weighted by molar-refractivity contribution is 7.92. The van der Waals surface area contributed by atoms with Crippen LogP contribution in [0.4, 0.5) is 11.4 Å². The number of nitrogens with one attached hydrogen (secondary N) is 1. The molecule has 8 heteroatoms. The molecule has 1 heterocycles. The molecule has 0 aliphatic carbocycles. The number of halogens is 2. The molecule has 1 aliphatic rings. The van der Waals surface area contributed by atoms with Gasteiger partial charge in [0.2, 0.25) is 0 Å². The van der Waals surface area contributed by atoms with Gasteiger partial charge >= 0.3 is 0 Å². The number of anilines is 2. The monoisotopic (exact) mass is 446 g/mol. The Morgan fingerprint density at radius 2 is 1.69 bits per heavy atom. The number of carbonyl (C=O) groups excluding carboxylic acids is 1. The number of rotatable bonds is 4. The minimum Gasteiger partial charge on any atom is -0.322 e. The fourth-order valence-corrected chi connectivity index (χ4v) is 5.09. The van der Waals surface area contributed by atoms with Crippen molar-refractivity contribution in [3.8, 4) is 0 Å². The van der Waals surface area contributed by atoms with Crippen LogP contribution in [-0.2, 0) is 16.4 Å².